The Kier molecular flexibility index (Phi) is 4.81. The molecule has 0 bridgehead atoms. The maximum absolute atomic E-state index is 12.5. The minimum absolute atomic E-state index is 0.202. The van der Waals surface area contributed by atoms with Gasteiger partial charge < -0.3 is 19.4 Å². The van der Waals surface area contributed by atoms with Crippen LogP contribution in [0.25, 0.3) is 11.1 Å². The number of urea groups is 1. The standard InChI is InChI=1S/C19H19N3O4S/c1-25-18(23)16-14(8-11-27-16)21-19(24)22-9-6-12(7-10-22)17-20-13-4-2-3-5-15(13)26-17/h2-5,8,11-12H,6-7,9-10H2,1H3,(H,21,24). The normalized spacial score (nSPS) is 15.1. The van der Waals surface area contributed by atoms with Crippen molar-refractivity contribution in [2.24, 2.45) is 0 Å². The van der Waals surface area contributed by atoms with E-state index in [1.54, 1.807) is 16.3 Å². The van der Waals surface area contributed by atoms with E-state index < -0.39 is 5.97 Å². The summed E-state index contributed by atoms with van der Waals surface area (Å²) in [4.78, 5) is 31.0. The minimum atomic E-state index is -0.449. The van der Waals surface area contributed by atoms with Gasteiger partial charge in [0.1, 0.15) is 10.4 Å². The molecule has 3 heterocycles. The van der Waals surface area contributed by atoms with E-state index in [1.807, 2.05) is 24.3 Å². The number of nitrogens with one attached hydrogen (secondary N) is 1. The van der Waals surface area contributed by atoms with Gasteiger partial charge in [0.2, 0.25) is 0 Å². The molecule has 3 aromatic rings. The number of hydrogen-bond donors (Lipinski definition) is 1. The summed E-state index contributed by atoms with van der Waals surface area (Å²) in [5.74, 6) is 0.491. The van der Waals surface area contributed by atoms with E-state index >= 15 is 0 Å². The molecule has 1 saturated heterocycles. The summed E-state index contributed by atoms with van der Waals surface area (Å²) in [6.45, 7) is 1.21. The fourth-order valence-corrected chi connectivity index (χ4v) is 4.01. The lowest BCUT2D eigenvalue weighted by atomic mass is 9.97. The number of likely N-dealkylation sites (tertiary alicyclic amines) is 1. The van der Waals surface area contributed by atoms with Gasteiger partial charge in [0.15, 0.2) is 11.5 Å². The lowest BCUT2D eigenvalue weighted by Gasteiger charge is -2.30. The highest BCUT2D eigenvalue weighted by Gasteiger charge is 2.28. The van der Waals surface area contributed by atoms with Crippen molar-refractivity contribution >= 4 is 40.1 Å². The van der Waals surface area contributed by atoms with Crippen LogP contribution >= 0.6 is 11.3 Å². The average Bonchev–Trinajstić information content (AvgIpc) is 3.34. The molecule has 0 unspecified atom stereocenters. The third-order valence-electron chi connectivity index (χ3n) is 4.72. The number of thiophene rings is 1. The van der Waals surface area contributed by atoms with Gasteiger partial charge in [0.25, 0.3) is 0 Å². The molecular weight excluding hydrogens is 366 g/mol. The number of rotatable bonds is 3. The average molecular weight is 385 g/mol. The Morgan fingerprint density at radius 2 is 2.04 bits per heavy atom. The zero-order valence-corrected chi connectivity index (χ0v) is 15.6. The zero-order valence-electron chi connectivity index (χ0n) is 14.8. The zero-order chi connectivity index (χ0) is 18.8. The third-order valence-corrected chi connectivity index (χ3v) is 5.61. The van der Waals surface area contributed by atoms with Gasteiger partial charge >= 0.3 is 12.0 Å². The van der Waals surface area contributed by atoms with E-state index in [2.05, 4.69) is 10.3 Å². The molecule has 1 aromatic carbocycles. The largest absolute Gasteiger partial charge is 0.465 e. The van der Waals surface area contributed by atoms with Gasteiger partial charge in [-0.15, -0.1) is 11.3 Å². The van der Waals surface area contributed by atoms with Crippen LogP contribution in [0.2, 0.25) is 0 Å². The van der Waals surface area contributed by atoms with Crippen LogP contribution in [0.3, 0.4) is 0 Å². The summed E-state index contributed by atoms with van der Waals surface area (Å²) in [5, 5.41) is 4.56. The smallest absolute Gasteiger partial charge is 0.350 e. The molecule has 0 spiro atoms. The van der Waals surface area contributed by atoms with Crippen LogP contribution in [0.1, 0.15) is 34.3 Å². The van der Waals surface area contributed by atoms with Gasteiger partial charge in [-0.05, 0) is 36.4 Å². The van der Waals surface area contributed by atoms with Crippen molar-refractivity contribution in [3.05, 3.63) is 46.5 Å². The molecule has 1 N–H and O–H groups in total. The molecular formula is C19H19N3O4S. The number of oxazole rings is 1. The van der Waals surface area contributed by atoms with Crippen LogP contribution in [-0.4, -0.2) is 42.1 Å². The Balaban J connectivity index is 1.38. The molecule has 1 aliphatic rings. The predicted octanol–water partition coefficient (Wildman–Crippen LogP) is 4.09. The first kappa shape index (κ1) is 17.5. The highest BCUT2D eigenvalue weighted by Crippen LogP contribution is 2.30. The predicted molar refractivity (Wildman–Crippen MR) is 102 cm³/mol. The van der Waals surface area contributed by atoms with Gasteiger partial charge in [-0.25, -0.2) is 14.6 Å². The number of methoxy groups -OCH3 is 1. The van der Waals surface area contributed by atoms with Gasteiger partial charge in [-0.1, -0.05) is 12.1 Å². The van der Waals surface area contributed by atoms with Crippen molar-refractivity contribution in [3.63, 3.8) is 0 Å². The fourth-order valence-electron chi connectivity index (χ4n) is 3.25. The number of nitrogens with zero attached hydrogens (tertiary/aromatic N) is 2. The van der Waals surface area contributed by atoms with Crippen molar-refractivity contribution in [1.29, 1.82) is 0 Å². The number of aromatic nitrogens is 1. The first-order valence-electron chi connectivity index (χ1n) is 8.73. The van der Waals surface area contributed by atoms with Crippen molar-refractivity contribution in [3.8, 4) is 0 Å². The Bertz CT molecular complexity index is 939. The quantitative estimate of drug-likeness (QED) is 0.687. The molecule has 1 fully saturated rings. The SMILES string of the molecule is COC(=O)c1sccc1NC(=O)N1CCC(c2nc3ccccc3o2)CC1. The molecule has 7 nitrogen and oxygen atoms in total. The van der Waals surface area contributed by atoms with Gasteiger partial charge in [-0.2, -0.15) is 0 Å². The van der Waals surface area contributed by atoms with E-state index in [-0.39, 0.29) is 11.9 Å². The molecule has 2 amide bonds. The number of carbonyl (C=O) groups is 2. The molecule has 140 valence electrons. The molecule has 1 aliphatic heterocycles. The number of hydrogen-bond acceptors (Lipinski definition) is 6. The summed E-state index contributed by atoms with van der Waals surface area (Å²) in [6, 6.07) is 9.21. The van der Waals surface area contributed by atoms with Gasteiger partial charge in [0, 0.05) is 19.0 Å². The van der Waals surface area contributed by atoms with Crippen LogP contribution < -0.4 is 5.32 Å². The highest BCUT2D eigenvalue weighted by molar-refractivity contribution is 7.12. The lowest BCUT2D eigenvalue weighted by Crippen LogP contribution is -2.40. The van der Waals surface area contributed by atoms with Crippen molar-refractivity contribution in [2.75, 3.05) is 25.5 Å². The van der Waals surface area contributed by atoms with Crippen LogP contribution in [0, 0.1) is 0 Å². The van der Waals surface area contributed by atoms with Crippen molar-refractivity contribution < 1.29 is 18.7 Å². The van der Waals surface area contributed by atoms with Crippen molar-refractivity contribution in [1.82, 2.24) is 9.88 Å². The van der Waals surface area contributed by atoms with Crippen LogP contribution in [-0.2, 0) is 4.74 Å². The minimum Gasteiger partial charge on any atom is -0.465 e. The summed E-state index contributed by atoms with van der Waals surface area (Å²) in [5.41, 5.74) is 2.14. The fraction of sp³-hybridized carbons (Fsp3) is 0.316. The van der Waals surface area contributed by atoms with E-state index in [0.717, 1.165) is 29.8 Å². The third kappa shape index (κ3) is 3.52. The molecule has 0 aliphatic carbocycles. The summed E-state index contributed by atoms with van der Waals surface area (Å²) < 4.78 is 10.6. The van der Waals surface area contributed by atoms with Crippen LogP contribution in [0.5, 0.6) is 0 Å². The summed E-state index contributed by atoms with van der Waals surface area (Å²) in [6.07, 6.45) is 1.57. The number of esters is 1. The first-order chi connectivity index (χ1) is 13.2. The van der Waals surface area contributed by atoms with Crippen LogP contribution in [0.15, 0.2) is 40.1 Å². The second-order valence-electron chi connectivity index (χ2n) is 6.37. The Morgan fingerprint density at radius 1 is 1.26 bits per heavy atom. The number of para-hydroxylation sites is 2. The van der Waals surface area contributed by atoms with E-state index in [4.69, 9.17) is 9.15 Å². The monoisotopic (exact) mass is 385 g/mol. The lowest BCUT2D eigenvalue weighted by molar-refractivity contribution is 0.0607. The Hall–Kier alpha value is -2.87. The molecule has 2 aromatic heterocycles. The molecule has 0 saturated carbocycles. The molecule has 0 atom stereocenters. The number of anilines is 1. The molecule has 8 heteroatoms. The van der Waals surface area contributed by atoms with Crippen LogP contribution in [0.4, 0.5) is 10.5 Å². The number of piperidine rings is 1. The molecule has 4 rings (SSSR count). The van der Waals surface area contributed by atoms with E-state index in [9.17, 15) is 9.59 Å². The second-order valence-corrected chi connectivity index (χ2v) is 7.28. The van der Waals surface area contributed by atoms with Gasteiger partial charge in [-0.3, -0.25) is 0 Å². The summed E-state index contributed by atoms with van der Waals surface area (Å²) >= 11 is 1.24. The Labute approximate surface area is 159 Å². The maximum Gasteiger partial charge on any atom is 0.350 e. The van der Waals surface area contributed by atoms with Gasteiger partial charge in [0.05, 0.1) is 12.8 Å². The molecule has 0 radical (unpaired) electrons. The number of carbonyl (C=O) groups excluding carboxylic acids is 2. The summed E-state index contributed by atoms with van der Waals surface area (Å²) in [7, 11) is 1.32. The van der Waals surface area contributed by atoms with E-state index in [1.165, 1.54) is 18.4 Å². The first-order valence-corrected chi connectivity index (χ1v) is 9.61. The molecule has 27 heavy (non-hydrogen) atoms. The highest BCUT2D eigenvalue weighted by atomic mass is 32.1. The number of ether oxygens (including phenoxy) is 1. The Morgan fingerprint density at radius 3 is 2.78 bits per heavy atom. The number of benzene rings is 1. The maximum atomic E-state index is 12.5. The second kappa shape index (κ2) is 7.40. The number of amides is 2. The van der Waals surface area contributed by atoms with E-state index in [0.29, 0.717) is 23.7 Å². The van der Waals surface area contributed by atoms with Crippen molar-refractivity contribution in [2.45, 2.75) is 18.8 Å². The number of fused-ring (bicyclic) bond motifs is 1. The topological polar surface area (TPSA) is 84.7 Å².